The number of carbonyl (C=O) groups is 2. The van der Waals surface area contributed by atoms with Gasteiger partial charge in [-0.2, -0.15) is 0 Å². The summed E-state index contributed by atoms with van der Waals surface area (Å²) in [5, 5.41) is 8.05. The molecule has 3 heterocycles. The zero-order valence-corrected chi connectivity index (χ0v) is 20.6. The Morgan fingerprint density at radius 3 is 2.75 bits per heavy atom. The fourth-order valence-electron chi connectivity index (χ4n) is 3.70. The molecule has 0 bridgehead atoms. The molecule has 0 aliphatic heterocycles. The van der Waals surface area contributed by atoms with Crippen molar-refractivity contribution < 1.29 is 9.59 Å². The number of amides is 2. The number of nitrogens with one attached hydrogen (secondary N) is 2. The molecular formula is C25H20ClN7O2S. The van der Waals surface area contributed by atoms with Crippen LogP contribution in [0.3, 0.4) is 0 Å². The smallest absolute Gasteiger partial charge is 0.275 e. The highest BCUT2D eigenvalue weighted by Crippen LogP contribution is 2.26. The van der Waals surface area contributed by atoms with Crippen molar-refractivity contribution in [1.82, 2.24) is 24.5 Å². The third-order valence-corrected chi connectivity index (χ3v) is 6.41. The third kappa shape index (κ3) is 5.09. The van der Waals surface area contributed by atoms with Crippen LogP contribution in [-0.4, -0.2) is 36.3 Å². The number of hydrogen-bond acceptors (Lipinski definition) is 7. The lowest BCUT2D eigenvalue weighted by Gasteiger charge is -2.14. The molecule has 2 amide bonds. The summed E-state index contributed by atoms with van der Waals surface area (Å²) in [4.78, 5) is 42.8. The van der Waals surface area contributed by atoms with E-state index in [2.05, 4.69) is 30.6 Å². The average Bonchev–Trinajstić information content (AvgIpc) is 3.53. The van der Waals surface area contributed by atoms with Crippen molar-refractivity contribution in [3.63, 3.8) is 0 Å². The molecule has 9 nitrogen and oxygen atoms in total. The lowest BCUT2D eigenvalue weighted by atomic mass is 10.0. The Labute approximate surface area is 215 Å². The van der Waals surface area contributed by atoms with Crippen LogP contribution >= 0.6 is 22.9 Å². The monoisotopic (exact) mass is 517 g/mol. The quantitative estimate of drug-likeness (QED) is 0.314. The molecule has 2 N–H and O–H groups in total. The van der Waals surface area contributed by atoms with Gasteiger partial charge in [-0.05, 0) is 42.8 Å². The van der Waals surface area contributed by atoms with Crippen LogP contribution in [0.4, 0.5) is 11.6 Å². The number of hydrogen-bond donors (Lipinski definition) is 2. The van der Waals surface area contributed by atoms with E-state index in [-0.39, 0.29) is 11.8 Å². The molecule has 1 unspecified atom stereocenters. The van der Waals surface area contributed by atoms with Crippen LogP contribution < -0.4 is 10.6 Å². The highest BCUT2D eigenvalue weighted by atomic mass is 35.5. The van der Waals surface area contributed by atoms with Crippen molar-refractivity contribution in [1.29, 1.82) is 0 Å². The molecule has 180 valence electrons. The van der Waals surface area contributed by atoms with E-state index in [0.717, 1.165) is 5.56 Å². The molecule has 0 saturated heterocycles. The van der Waals surface area contributed by atoms with E-state index >= 15 is 0 Å². The minimum atomic E-state index is -0.457. The molecule has 2 aromatic carbocycles. The SMILES string of the molecule is CC(C(=O)Nc1nc2ccc(NC(=O)c3cscn3)cc2n1Cc1cnccn1)c1cccc(Cl)c1. The molecular weight excluding hydrogens is 498 g/mol. The van der Waals surface area contributed by atoms with E-state index in [9.17, 15) is 9.59 Å². The highest BCUT2D eigenvalue weighted by Gasteiger charge is 2.20. The Morgan fingerprint density at radius 2 is 2.00 bits per heavy atom. The van der Waals surface area contributed by atoms with Crippen LogP contribution in [-0.2, 0) is 11.3 Å². The summed E-state index contributed by atoms with van der Waals surface area (Å²) in [7, 11) is 0. The first-order valence-electron chi connectivity index (χ1n) is 11.0. The molecule has 0 aliphatic carbocycles. The zero-order valence-electron chi connectivity index (χ0n) is 19.1. The number of benzene rings is 2. The van der Waals surface area contributed by atoms with E-state index in [1.807, 2.05) is 23.6 Å². The molecule has 0 spiro atoms. The number of halogens is 1. The van der Waals surface area contributed by atoms with E-state index in [1.54, 1.807) is 59.8 Å². The molecule has 11 heteroatoms. The summed E-state index contributed by atoms with van der Waals surface area (Å²) in [5.74, 6) is -0.636. The molecule has 0 radical (unpaired) electrons. The summed E-state index contributed by atoms with van der Waals surface area (Å²) in [6.07, 6.45) is 4.85. The van der Waals surface area contributed by atoms with Gasteiger partial charge in [-0.25, -0.2) is 9.97 Å². The molecule has 36 heavy (non-hydrogen) atoms. The first-order chi connectivity index (χ1) is 17.5. The minimum absolute atomic E-state index is 0.231. The summed E-state index contributed by atoms with van der Waals surface area (Å²) >= 11 is 7.46. The molecule has 0 saturated carbocycles. The average molecular weight is 518 g/mol. The number of rotatable bonds is 7. The van der Waals surface area contributed by atoms with Crippen LogP contribution in [0.2, 0.25) is 5.02 Å². The lowest BCUT2D eigenvalue weighted by molar-refractivity contribution is -0.117. The Balaban J connectivity index is 1.48. The van der Waals surface area contributed by atoms with E-state index in [1.165, 1.54) is 11.3 Å². The lowest BCUT2D eigenvalue weighted by Crippen LogP contribution is -2.21. The number of nitrogens with zero attached hydrogens (tertiary/aromatic N) is 5. The maximum absolute atomic E-state index is 13.2. The van der Waals surface area contributed by atoms with Crippen LogP contribution in [0.1, 0.15) is 34.6 Å². The number of imidazole rings is 1. The van der Waals surface area contributed by atoms with Crippen LogP contribution in [0, 0.1) is 0 Å². The van der Waals surface area contributed by atoms with Gasteiger partial charge >= 0.3 is 0 Å². The third-order valence-electron chi connectivity index (χ3n) is 5.58. The number of thiazole rings is 1. The fourth-order valence-corrected chi connectivity index (χ4v) is 4.43. The molecule has 5 aromatic rings. The first kappa shape index (κ1) is 23.6. The number of carbonyl (C=O) groups excluding carboxylic acids is 2. The van der Waals surface area contributed by atoms with Gasteiger partial charge in [0, 0.05) is 28.5 Å². The first-order valence-corrected chi connectivity index (χ1v) is 12.3. The largest absolute Gasteiger partial charge is 0.321 e. The maximum Gasteiger partial charge on any atom is 0.275 e. The van der Waals surface area contributed by atoms with Gasteiger partial charge in [0.15, 0.2) is 0 Å². The van der Waals surface area contributed by atoms with Crippen molar-refractivity contribution in [3.8, 4) is 0 Å². The number of aromatic nitrogens is 5. The van der Waals surface area contributed by atoms with Crippen LogP contribution in [0.5, 0.6) is 0 Å². The van der Waals surface area contributed by atoms with Crippen molar-refractivity contribution in [2.24, 2.45) is 0 Å². The van der Waals surface area contributed by atoms with Gasteiger partial charge in [0.05, 0.1) is 40.9 Å². The van der Waals surface area contributed by atoms with Gasteiger partial charge in [0.25, 0.3) is 5.91 Å². The van der Waals surface area contributed by atoms with Crippen molar-refractivity contribution >= 4 is 57.4 Å². The fraction of sp³-hybridized carbons (Fsp3) is 0.120. The number of anilines is 2. The van der Waals surface area contributed by atoms with Gasteiger partial charge in [-0.1, -0.05) is 23.7 Å². The highest BCUT2D eigenvalue weighted by molar-refractivity contribution is 7.07. The summed E-state index contributed by atoms with van der Waals surface area (Å²) < 4.78 is 1.83. The second kappa shape index (κ2) is 10.2. The predicted molar refractivity (Wildman–Crippen MR) is 139 cm³/mol. The topological polar surface area (TPSA) is 115 Å². The minimum Gasteiger partial charge on any atom is -0.321 e. The zero-order chi connectivity index (χ0) is 25.1. The second-order valence-corrected chi connectivity index (χ2v) is 9.17. The molecule has 0 aliphatic rings. The molecule has 0 fully saturated rings. The van der Waals surface area contributed by atoms with Gasteiger partial charge in [0.1, 0.15) is 5.69 Å². The Morgan fingerprint density at radius 1 is 1.11 bits per heavy atom. The van der Waals surface area contributed by atoms with Crippen molar-refractivity contribution in [2.45, 2.75) is 19.4 Å². The summed E-state index contributed by atoms with van der Waals surface area (Å²) in [5.41, 5.74) is 5.37. The van der Waals surface area contributed by atoms with E-state index in [0.29, 0.717) is 45.6 Å². The molecule has 3 aromatic heterocycles. The number of fused-ring (bicyclic) bond motifs is 1. The van der Waals surface area contributed by atoms with Crippen molar-refractivity contribution in [2.75, 3.05) is 10.6 Å². The van der Waals surface area contributed by atoms with Crippen LogP contribution in [0.25, 0.3) is 11.0 Å². The standard InChI is InChI=1S/C25H20ClN7O2S/c1-15(16-3-2-4-17(26)9-16)23(34)32-25-31-20-6-5-18(30-24(35)21-13-36-14-29-21)10-22(20)33(25)12-19-11-27-7-8-28-19/h2-11,13-15H,12H2,1H3,(H,30,35)(H,31,32,34). The van der Waals surface area contributed by atoms with Crippen molar-refractivity contribution in [3.05, 3.63) is 93.9 Å². The molecule has 5 rings (SSSR count). The summed E-state index contributed by atoms with van der Waals surface area (Å²) in [6.45, 7) is 2.12. The summed E-state index contributed by atoms with van der Waals surface area (Å²) in [6, 6.07) is 12.6. The normalized spacial score (nSPS) is 11.8. The van der Waals surface area contributed by atoms with Gasteiger partial charge in [-0.3, -0.25) is 24.9 Å². The Kier molecular flexibility index (Phi) is 6.70. The maximum atomic E-state index is 13.2. The van der Waals surface area contributed by atoms with Gasteiger partial charge < -0.3 is 9.88 Å². The van der Waals surface area contributed by atoms with Crippen LogP contribution in [0.15, 0.2) is 71.9 Å². The Bertz CT molecular complexity index is 1540. The van der Waals surface area contributed by atoms with Gasteiger partial charge in [-0.15, -0.1) is 11.3 Å². The van der Waals surface area contributed by atoms with E-state index in [4.69, 9.17) is 11.6 Å². The Hall–Kier alpha value is -4.15. The predicted octanol–water partition coefficient (Wildman–Crippen LogP) is 4.98. The van der Waals surface area contributed by atoms with Gasteiger partial charge in [0.2, 0.25) is 11.9 Å². The van der Waals surface area contributed by atoms with E-state index < -0.39 is 5.92 Å². The molecule has 1 atom stereocenters. The second-order valence-electron chi connectivity index (χ2n) is 8.02.